The molecule has 0 unspecified atom stereocenters. The molecular formula is C29H40N6O. The second kappa shape index (κ2) is 9.94. The molecule has 3 aromatic heterocycles. The minimum atomic E-state index is 0.325. The Labute approximate surface area is 214 Å². The van der Waals surface area contributed by atoms with Gasteiger partial charge in [0.25, 0.3) is 0 Å². The van der Waals surface area contributed by atoms with Gasteiger partial charge in [0.1, 0.15) is 0 Å². The van der Waals surface area contributed by atoms with E-state index in [1.54, 1.807) is 11.7 Å². The van der Waals surface area contributed by atoms with Gasteiger partial charge < -0.3 is 9.72 Å². The molecule has 7 heteroatoms. The van der Waals surface area contributed by atoms with Gasteiger partial charge in [-0.15, -0.1) is 0 Å². The van der Waals surface area contributed by atoms with E-state index in [-0.39, 0.29) is 0 Å². The summed E-state index contributed by atoms with van der Waals surface area (Å²) in [6, 6.07) is 5.74. The molecule has 1 saturated carbocycles. The van der Waals surface area contributed by atoms with Gasteiger partial charge in [-0.3, -0.25) is 14.9 Å². The van der Waals surface area contributed by atoms with E-state index >= 15 is 0 Å². The van der Waals surface area contributed by atoms with Crippen LogP contribution in [0.3, 0.4) is 0 Å². The molecule has 0 spiro atoms. The van der Waals surface area contributed by atoms with Crippen molar-refractivity contribution < 1.29 is 4.74 Å². The average molecular weight is 489 g/mol. The quantitative estimate of drug-likeness (QED) is 0.490. The minimum absolute atomic E-state index is 0.325. The van der Waals surface area contributed by atoms with Gasteiger partial charge >= 0.3 is 0 Å². The van der Waals surface area contributed by atoms with Crippen molar-refractivity contribution in [3.05, 3.63) is 46.2 Å². The number of hydrogen-bond acceptors (Lipinski definition) is 5. The largest absolute Gasteiger partial charge is 0.378 e. The molecule has 1 saturated heterocycles. The van der Waals surface area contributed by atoms with E-state index in [2.05, 4.69) is 73.6 Å². The van der Waals surface area contributed by atoms with Crippen LogP contribution in [0.15, 0.2) is 28.4 Å². The van der Waals surface area contributed by atoms with Gasteiger partial charge in [-0.1, -0.05) is 13.8 Å². The number of ether oxygens (including phenoxy) is 1. The number of aromatic amines is 1. The Hall–Kier alpha value is -2.77. The maximum Gasteiger partial charge on any atom is 0.151 e. The Kier molecular flexibility index (Phi) is 6.88. The molecule has 36 heavy (non-hydrogen) atoms. The van der Waals surface area contributed by atoms with E-state index in [0.717, 1.165) is 46.6 Å². The molecule has 3 aromatic rings. The predicted molar refractivity (Wildman–Crippen MR) is 147 cm³/mol. The molecule has 1 aliphatic heterocycles. The normalized spacial score (nSPS) is 21.5. The van der Waals surface area contributed by atoms with Crippen molar-refractivity contribution >= 4 is 17.8 Å². The van der Waals surface area contributed by atoms with Gasteiger partial charge in [0.15, 0.2) is 5.49 Å². The number of H-pyrrole nitrogens is 1. The van der Waals surface area contributed by atoms with Crippen LogP contribution in [0.2, 0.25) is 0 Å². The summed E-state index contributed by atoms with van der Waals surface area (Å²) in [4.78, 5) is 16.0. The van der Waals surface area contributed by atoms with Crippen LogP contribution in [0.25, 0.3) is 22.3 Å². The first kappa shape index (κ1) is 24.9. The molecule has 0 amide bonds. The molecule has 2 fully saturated rings. The van der Waals surface area contributed by atoms with Gasteiger partial charge in [0.05, 0.1) is 36.0 Å². The zero-order valence-corrected chi connectivity index (χ0v) is 22.6. The zero-order valence-electron chi connectivity index (χ0n) is 22.6. The van der Waals surface area contributed by atoms with Crippen molar-refractivity contribution in [1.82, 2.24) is 19.5 Å². The second-order valence-electron chi connectivity index (χ2n) is 10.9. The molecule has 5 rings (SSSR count). The highest BCUT2D eigenvalue weighted by Gasteiger charge is 2.32. The summed E-state index contributed by atoms with van der Waals surface area (Å²) in [6.45, 7) is 14.3. The van der Waals surface area contributed by atoms with Crippen molar-refractivity contribution in [1.29, 1.82) is 0 Å². The molecule has 4 heterocycles. The number of likely N-dealkylation sites (N-methyl/N-ethyl adjacent to an activating group) is 1. The highest BCUT2D eigenvalue weighted by atomic mass is 16.5. The fourth-order valence-corrected chi connectivity index (χ4v) is 6.09. The highest BCUT2D eigenvalue weighted by molar-refractivity contribution is 5.89. The highest BCUT2D eigenvalue weighted by Crippen LogP contribution is 2.39. The zero-order chi connectivity index (χ0) is 25.6. The number of nitrogens with zero attached hydrogens (tertiary/aromatic N) is 5. The lowest BCUT2D eigenvalue weighted by atomic mass is 9.82. The Bertz CT molecular complexity index is 1340. The lowest BCUT2D eigenvalue weighted by molar-refractivity contribution is -0.0739. The maximum atomic E-state index is 5.41. The van der Waals surface area contributed by atoms with Gasteiger partial charge in [-0.25, -0.2) is 4.68 Å². The molecule has 0 radical (unpaired) electrons. The Morgan fingerprint density at radius 3 is 2.42 bits per heavy atom. The van der Waals surface area contributed by atoms with Crippen LogP contribution in [0.5, 0.6) is 0 Å². The molecule has 0 atom stereocenters. The van der Waals surface area contributed by atoms with Crippen molar-refractivity contribution in [3.8, 4) is 11.3 Å². The molecule has 7 nitrogen and oxygen atoms in total. The summed E-state index contributed by atoms with van der Waals surface area (Å²) < 4.78 is 7.19. The van der Waals surface area contributed by atoms with Gasteiger partial charge in [-0.2, -0.15) is 5.10 Å². The van der Waals surface area contributed by atoms with E-state index < -0.39 is 0 Å². The van der Waals surface area contributed by atoms with Crippen LogP contribution < -0.4 is 5.49 Å². The molecule has 0 bridgehead atoms. The van der Waals surface area contributed by atoms with Crippen molar-refractivity contribution in [2.75, 3.05) is 27.3 Å². The number of pyridine rings is 2. The van der Waals surface area contributed by atoms with Crippen molar-refractivity contribution in [2.45, 2.75) is 77.3 Å². The Morgan fingerprint density at radius 1 is 1.11 bits per heavy atom. The second-order valence-corrected chi connectivity index (χ2v) is 10.9. The number of aromatic nitrogens is 3. The lowest BCUT2D eigenvalue weighted by Crippen LogP contribution is -2.52. The first-order valence-electron chi connectivity index (χ1n) is 13.3. The minimum Gasteiger partial charge on any atom is -0.378 e. The van der Waals surface area contributed by atoms with E-state index in [9.17, 15) is 0 Å². The maximum absolute atomic E-state index is 5.41. The molecule has 1 N–H and O–H groups in total. The lowest BCUT2D eigenvalue weighted by Gasteiger charge is -2.42. The third-order valence-electron chi connectivity index (χ3n) is 8.57. The van der Waals surface area contributed by atoms with Gasteiger partial charge in [-0.05, 0) is 75.8 Å². The van der Waals surface area contributed by atoms with Crippen LogP contribution in [0.1, 0.15) is 73.8 Å². The van der Waals surface area contributed by atoms with Crippen molar-refractivity contribution in [2.24, 2.45) is 10.1 Å². The molecule has 192 valence electrons. The number of nitrogens with one attached hydrogen (secondary N) is 1. The summed E-state index contributed by atoms with van der Waals surface area (Å²) in [5.74, 6) is 0.850. The Balaban J connectivity index is 1.50. The van der Waals surface area contributed by atoms with Crippen LogP contribution in [-0.2, 0) is 4.74 Å². The van der Waals surface area contributed by atoms with Crippen LogP contribution in [0, 0.1) is 13.8 Å². The van der Waals surface area contributed by atoms with Gasteiger partial charge in [0, 0.05) is 48.7 Å². The number of hydrogen-bond donors (Lipinski definition) is 1. The van der Waals surface area contributed by atoms with E-state index in [0.29, 0.717) is 23.9 Å². The summed E-state index contributed by atoms with van der Waals surface area (Å²) in [5.41, 5.74) is 10.1. The fourth-order valence-electron chi connectivity index (χ4n) is 6.09. The number of fused-ring (bicyclic) bond motifs is 1. The Morgan fingerprint density at radius 2 is 1.83 bits per heavy atom. The molecule has 0 aromatic carbocycles. The van der Waals surface area contributed by atoms with Crippen molar-refractivity contribution in [3.63, 3.8) is 0 Å². The number of rotatable bonds is 6. The monoisotopic (exact) mass is 488 g/mol. The molecule has 2 aliphatic rings. The summed E-state index contributed by atoms with van der Waals surface area (Å²) >= 11 is 0. The van der Waals surface area contributed by atoms with Crippen LogP contribution >= 0.6 is 0 Å². The third kappa shape index (κ3) is 4.22. The summed E-state index contributed by atoms with van der Waals surface area (Å²) in [7, 11) is 4.07. The van der Waals surface area contributed by atoms with E-state index in [1.807, 2.05) is 6.20 Å². The molecule has 1 aliphatic carbocycles. The fraction of sp³-hybridized carbons (Fsp3) is 0.552. The smallest absolute Gasteiger partial charge is 0.151 e. The van der Waals surface area contributed by atoms with Crippen LogP contribution in [-0.4, -0.2) is 65.7 Å². The first-order valence-corrected chi connectivity index (χ1v) is 13.3. The summed E-state index contributed by atoms with van der Waals surface area (Å²) in [6.07, 6.45) is 6.89. The first-order chi connectivity index (χ1) is 17.3. The third-order valence-corrected chi connectivity index (χ3v) is 8.57. The average Bonchev–Trinajstić information content (AvgIpc) is 3.23. The van der Waals surface area contributed by atoms with E-state index in [1.165, 1.54) is 42.5 Å². The van der Waals surface area contributed by atoms with Gasteiger partial charge in [0.2, 0.25) is 0 Å². The molecular weight excluding hydrogens is 448 g/mol. The van der Waals surface area contributed by atoms with E-state index in [4.69, 9.17) is 9.72 Å². The standard InChI is InChI=1S/C29H40N6O/c1-17(2)26-27(23-14-35(31-6)29(30-5)19(4)18(23)3)33-25-13-12-24(32-28(25)26)20-8-10-21(11-9-20)34(7)22-15-36-16-22/h12-14,17,20-22,33H,6,8-11,15-16H2,1-5,7H3. The summed E-state index contributed by atoms with van der Waals surface area (Å²) in [5, 5.41) is 4.20. The predicted octanol–water partition coefficient (Wildman–Crippen LogP) is 5.12. The topological polar surface area (TPSA) is 70.8 Å². The SMILES string of the molecule is C=Nn1cc(-c2[nH]c3ccc(C4CCC(N(C)C5COC5)CC4)nc3c2C(C)C)c(C)c(C)c1=NC. The van der Waals surface area contributed by atoms with Crippen LogP contribution in [0.4, 0.5) is 0 Å².